The SMILES string of the molecule is CCC1CNCCC1c1c(C)cc(C)cc1OC. The molecule has 1 N–H and O–H groups in total. The summed E-state index contributed by atoms with van der Waals surface area (Å²) in [4.78, 5) is 0. The number of hydrogen-bond donors (Lipinski definition) is 1. The van der Waals surface area contributed by atoms with Crippen LogP contribution in [0.5, 0.6) is 5.75 Å². The first kappa shape index (κ1) is 13.4. The summed E-state index contributed by atoms with van der Waals surface area (Å²) >= 11 is 0. The fourth-order valence-corrected chi connectivity index (χ4v) is 3.32. The first-order valence-electron chi connectivity index (χ1n) is 7.03. The van der Waals surface area contributed by atoms with Crippen molar-refractivity contribution in [2.24, 2.45) is 5.92 Å². The van der Waals surface area contributed by atoms with Crippen molar-refractivity contribution in [2.75, 3.05) is 20.2 Å². The van der Waals surface area contributed by atoms with Crippen LogP contribution in [0.1, 0.15) is 42.4 Å². The van der Waals surface area contributed by atoms with Crippen LogP contribution in [0.15, 0.2) is 12.1 Å². The molecule has 0 bridgehead atoms. The fraction of sp³-hybridized carbons (Fsp3) is 0.625. The minimum Gasteiger partial charge on any atom is -0.496 e. The van der Waals surface area contributed by atoms with E-state index in [-0.39, 0.29) is 0 Å². The molecule has 1 aliphatic heterocycles. The zero-order chi connectivity index (χ0) is 13.1. The third-order valence-electron chi connectivity index (χ3n) is 4.22. The maximum atomic E-state index is 5.63. The summed E-state index contributed by atoms with van der Waals surface area (Å²) in [6.45, 7) is 8.91. The predicted molar refractivity (Wildman–Crippen MR) is 76.5 cm³/mol. The van der Waals surface area contributed by atoms with E-state index in [1.165, 1.54) is 29.5 Å². The highest BCUT2D eigenvalue weighted by atomic mass is 16.5. The Labute approximate surface area is 111 Å². The Balaban J connectivity index is 2.41. The number of rotatable bonds is 3. The van der Waals surface area contributed by atoms with Gasteiger partial charge in [0.05, 0.1) is 7.11 Å². The maximum Gasteiger partial charge on any atom is 0.122 e. The molecule has 0 amide bonds. The first-order chi connectivity index (χ1) is 8.67. The monoisotopic (exact) mass is 247 g/mol. The molecule has 0 aromatic heterocycles. The second-order valence-corrected chi connectivity index (χ2v) is 5.47. The molecule has 18 heavy (non-hydrogen) atoms. The molecule has 2 atom stereocenters. The van der Waals surface area contributed by atoms with Gasteiger partial charge in [0.2, 0.25) is 0 Å². The van der Waals surface area contributed by atoms with Gasteiger partial charge in [0.15, 0.2) is 0 Å². The molecule has 0 spiro atoms. The van der Waals surface area contributed by atoms with Gasteiger partial charge in [-0.25, -0.2) is 0 Å². The average molecular weight is 247 g/mol. The highest BCUT2D eigenvalue weighted by Gasteiger charge is 2.28. The van der Waals surface area contributed by atoms with Crippen LogP contribution in [0.4, 0.5) is 0 Å². The van der Waals surface area contributed by atoms with Gasteiger partial charge in [-0.05, 0) is 62.4 Å². The maximum absolute atomic E-state index is 5.63. The van der Waals surface area contributed by atoms with Crippen molar-refractivity contribution in [2.45, 2.75) is 39.5 Å². The van der Waals surface area contributed by atoms with Gasteiger partial charge < -0.3 is 10.1 Å². The molecule has 1 aromatic carbocycles. The summed E-state index contributed by atoms with van der Waals surface area (Å²) in [6, 6.07) is 4.46. The van der Waals surface area contributed by atoms with Gasteiger partial charge in [-0.2, -0.15) is 0 Å². The lowest BCUT2D eigenvalue weighted by Gasteiger charge is -2.33. The molecule has 1 fully saturated rings. The molecule has 0 saturated carbocycles. The summed E-state index contributed by atoms with van der Waals surface area (Å²) in [5.74, 6) is 2.46. The molecule has 2 heteroatoms. The summed E-state index contributed by atoms with van der Waals surface area (Å²) in [6.07, 6.45) is 2.45. The van der Waals surface area contributed by atoms with E-state index in [1.54, 1.807) is 7.11 Å². The van der Waals surface area contributed by atoms with Crippen LogP contribution in [0, 0.1) is 19.8 Å². The van der Waals surface area contributed by atoms with Crippen LogP contribution in [0.3, 0.4) is 0 Å². The average Bonchev–Trinajstić information content (AvgIpc) is 2.38. The van der Waals surface area contributed by atoms with Crippen molar-refractivity contribution >= 4 is 0 Å². The Kier molecular flexibility index (Phi) is 4.28. The second-order valence-electron chi connectivity index (χ2n) is 5.47. The van der Waals surface area contributed by atoms with Crippen molar-refractivity contribution in [1.82, 2.24) is 5.32 Å². The van der Waals surface area contributed by atoms with Gasteiger partial charge in [0, 0.05) is 5.56 Å². The van der Waals surface area contributed by atoms with E-state index < -0.39 is 0 Å². The Hall–Kier alpha value is -1.02. The van der Waals surface area contributed by atoms with Crippen LogP contribution in [-0.2, 0) is 0 Å². The van der Waals surface area contributed by atoms with Crippen molar-refractivity contribution in [3.05, 3.63) is 28.8 Å². The highest BCUT2D eigenvalue weighted by Crippen LogP contribution is 2.39. The molecule has 0 aliphatic carbocycles. The Morgan fingerprint density at radius 1 is 1.33 bits per heavy atom. The standard InChI is InChI=1S/C16H25NO/c1-5-13-10-17-7-6-14(13)16-12(3)8-11(2)9-15(16)18-4/h8-9,13-14,17H,5-7,10H2,1-4H3. The van der Waals surface area contributed by atoms with Gasteiger partial charge in [0.1, 0.15) is 5.75 Å². The quantitative estimate of drug-likeness (QED) is 0.883. The summed E-state index contributed by atoms with van der Waals surface area (Å²) in [7, 11) is 1.79. The van der Waals surface area contributed by atoms with Crippen LogP contribution in [-0.4, -0.2) is 20.2 Å². The van der Waals surface area contributed by atoms with E-state index in [0.717, 1.165) is 24.8 Å². The molecule has 2 rings (SSSR count). The molecule has 1 aliphatic rings. The van der Waals surface area contributed by atoms with E-state index in [4.69, 9.17) is 4.74 Å². The number of piperidine rings is 1. The zero-order valence-corrected chi connectivity index (χ0v) is 12.0. The first-order valence-corrected chi connectivity index (χ1v) is 7.03. The van der Waals surface area contributed by atoms with Gasteiger partial charge in [-0.1, -0.05) is 19.4 Å². The Bertz CT molecular complexity index is 414. The third kappa shape index (κ3) is 2.54. The molecular weight excluding hydrogens is 222 g/mol. The lowest BCUT2D eigenvalue weighted by atomic mass is 9.77. The van der Waals surface area contributed by atoms with Gasteiger partial charge in [-0.3, -0.25) is 0 Å². The van der Waals surface area contributed by atoms with E-state index in [1.807, 2.05) is 0 Å². The second kappa shape index (κ2) is 5.75. The summed E-state index contributed by atoms with van der Waals surface area (Å²) < 4.78 is 5.63. The number of ether oxygens (including phenoxy) is 1. The normalized spacial score (nSPS) is 24.0. The van der Waals surface area contributed by atoms with E-state index in [2.05, 4.69) is 38.2 Å². The van der Waals surface area contributed by atoms with Crippen molar-refractivity contribution in [3.63, 3.8) is 0 Å². The van der Waals surface area contributed by atoms with Gasteiger partial charge in [-0.15, -0.1) is 0 Å². The predicted octanol–water partition coefficient (Wildman–Crippen LogP) is 3.42. The topological polar surface area (TPSA) is 21.3 Å². The van der Waals surface area contributed by atoms with Gasteiger partial charge >= 0.3 is 0 Å². The lowest BCUT2D eigenvalue weighted by molar-refractivity contribution is 0.306. The smallest absolute Gasteiger partial charge is 0.122 e. The van der Waals surface area contributed by atoms with E-state index >= 15 is 0 Å². The molecule has 2 unspecified atom stereocenters. The zero-order valence-electron chi connectivity index (χ0n) is 12.0. The highest BCUT2D eigenvalue weighted by molar-refractivity contribution is 5.45. The summed E-state index contributed by atoms with van der Waals surface area (Å²) in [5.41, 5.74) is 4.11. The largest absolute Gasteiger partial charge is 0.496 e. The molecule has 2 nitrogen and oxygen atoms in total. The van der Waals surface area contributed by atoms with Gasteiger partial charge in [0.25, 0.3) is 0 Å². The Morgan fingerprint density at radius 3 is 2.78 bits per heavy atom. The molecular formula is C16H25NO. The van der Waals surface area contributed by atoms with Crippen LogP contribution >= 0.6 is 0 Å². The summed E-state index contributed by atoms with van der Waals surface area (Å²) in [5, 5.41) is 3.51. The molecule has 1 saturated heterocycles. The minimum atomic E-state index is 0.645. The minimum absolute atomic E-state index is 0.645. The van der Waals surface area contributed by atoms with E-state index in [0.29, 0.717) is 5.92 Å². The molecule has 1 heterocycles. The molecule has 1 aromatic rings. The Morgan fingerprint density at radius 2 is 2.11 bits per heavy atom. The number of benzene rings is 1. The number of aryl methyl sites for hydroxylation is 2. The lowest BCUT2D eigenvalue weighted by Crippen LogP contribution is -2.35. The van der Waals surface area contributed by atoms with Crippen molar-refractivity contribution in [1.29, 1.82) is 0 Å². The molecule has 0 radical (unpaired) electrons. The van der Waals surface area contributed by atoms with Crippen molar-refractivity contribution < 1.29 is 4.74 Å². The van der Waals surface area contributed by atoms with E-state index in [9.17, 15) is 0 Å². The van der Waals surface area contributed by atoms with Crippen LogP contribution in [0.2, 0.25) is 0 Å². The van der Waals surface area contributed by atoms with Crippen LogP contribution in [0.25, 0.3) is 0 Å². The van der Waals surface area contributed by atoms with Crippen LogP contribution < -0.4 is 10.1 Å². The number of nitrogens with one attached hydrogen (secondary N) is 1. The molecule has 100 valence electrons. The number of hydrogen-bond acceptors (Lipinski definition) is 2. The fourth-order valence-electron chi connectivity index (χ4n) is 3.32. The number of methoxy groups -OCH3 is 1. The van der Waals surface area contributed by atoms with Crippen molar-refractivity contribution in [3.8, 4) is 5.75 Å². The third-order valence-corrected chi connectivity index (χ3v) is 4.22.